The smallest absolute Gasteiger partial charge is 0.0695 e. The number of allylic oxidation sites excluding steroid dienone is 7. The number of hydrogen-bond donors (Lipinski definition) is 1. The Hall–Kier alpha value is -1.08. The number of hydrogen-bond acceptors (Lipinski definition) is 1. The highest BCUT2D eigenvalue weighted by Gasteiger charge is 2.26. The third kappa shape index (κ3) is 5.20. The Morgan fingerprint density at radius 2 is 2.05 bits per heavy atom. The van der Waals surface area contributed by atoms with Gasteiger partial charge in [-0.1, -0.05) is 55.4 Å². The number of rotatable bonds is 4. The van der Waals surface area contributed by atoms with Crippen molar-refractivity contribution in [1.29, 1.82) is 0 Å². The van der Waals surface area contributed by atoms with E-state index in [1.807, 2.05) is 12.2 Å². The molecule has 0 bridgehead atoms. The van der Waals surface area contributed by atoms with Crippen molar-refractivity contribution < 1.29 is 5.11 Å². The molecule has 0 saturated carbocycles. The maximum Gasteiger partial charge on any atom is 0.0695 e. The average molecular weight is 260 g/mol. The van der Waals surface area contributed by atoms with Crippen molar-refractivity contribution in [3.05, 3.63) is 47.1 Å². The van der Waals surface area contributed by atoms with Gasteiger partial charge in [0, 0.05) is 0 Å². The summed E-state index contributed by atoms with van der Waals surface area (Å²) in [4.78, 5) is 0. The van der Waals surface area contributed by atoms with Crippen LogP contribution in [-0.4, -0.2) is 11.2 Å². The van der Waals surface area contributed by atoms with Gasteiger partial charge in [0.25, 0.3) is 0 Å². The van der Waals surface area contributed by atoms with Gasteiger partial charge in [0.15, 0.2) is 0 Å². The fourth-order valence-electron chi connectivity index (χ4n) is 2.65. The molecule has 1 unspecified atom stereocenters. The molecular weight excluding hydrogens is 232 g/mol. The zero-order valence-corrected chi connectivity index (χ0v) is 13.0. The summed E-state index contributed by atoms with van der Waals surface area (Å²) in [5.74, 6) is 0. The maximum atomic E-state index is 9.16. The Morgan fingerprint density at radius 1 is 1.37 bits per heavy atom. The first-order chi connectivity index (χ1) is 8.83. The first-order valence-corrected chi connectivity index (χ1v) is 7.24. The van der Waals surface area contributed by atoms with Gasteiger partial charge in [-0.3, -0.25) is 0 Å². The zero-order chi connectivity index (χ0) is 14.5. The molecule has 0 aromatic rings. The summed E-state index contributed by atoms with van der Waals surface area (Å²) in [5, 5.41) is 9.16. The van der Waals surface area contributed by atoms with Gasteiger partial charge in [0.2, 0.25) is 0 Å². The molecule has 1 aliphatic rings. The van der Waals surface area contributed by atoms with E-state index in [0.717, 1.165) is 0 Å². The van der Waals surface area contributed by atoms with Crippen LogP contribution in [0.2, 0.25) is 0 Å². The predicted octanol–water partition coefficient (Wildman–Crippen LogP) is 4.95. The van der Waals surface area contributed by atoms with Crippen molar-refractivity contribution in [2.45, 2.75) is 60.0 Å². The van der Waals surface area contributed by atoms with Gasteiger partial charge in [0.05, 0.1) is 6.10 Å². The SMILES string of the molecule is CC(C=CC1=C(C)CCCC1(C)C)=CC=CC(C)O. The van der Waals surface area contributed by atoms with Crippen molar-refractivity contribution >= 4 is 0 Å². The van der Waals surface area contributed by atoms with Gasteiger partial charge >= 0.3 is 0 Å². The normalized spacial score (nSPS) is 22.5. The molecule has 1 N–H and O–H groups in total. The second-order valence-electron chi connectivity index (χ2n) is 6.30. The molecule has 1 nitrogen and oxygen atoms in total. The van der Waals surface area contributed by atoms with Gasteiger partial charge < -0.3 is 5.11 Å². The van der Waals surface area contributed by atoms with Gasteiger partial charge in [0.1, 0.15) is 0 Å². The molecule has 1 atom stereocenters. The van der Waals surface area contributed by atoms with Gasteiger partial charge in [-0.25, -0.2) is 0 Å². The fourth-order valence-corrected chi connectivity index (χ4v) is 2.65. The van der Waals surface area contributed by atoms with Crippen molar-refractivity contribution in [3.8, 4) is 0 Å². The molecular formula is C18H28O. The van der Waals surface area contributed by atoms with Crippen LogP contribution in [0, 0.1) is 5.41 Å². The van der Waals surface area contributed by atoms with Gasteiger partial charge in [-0.15, -0.1) is 0 Å². The molecule has 106 valence electrons. The van der Waals surface area contributed by atoms with E-state index in [1.54, 1.807) is 13.0 Å². The fraction of sp³-hybridized carbons (Fsp3) is 0.556. The Kier molecular flexibility index (Phi) is 5.81. The second-order valence-corrected chi connectivity index (χ2v) is 6.30. The average Bonchev–Trinajstić information content (AvgIpc) is 2.26. The van der Waals surface area contributed by atoms with E-state index in [2.05, 4.69) is 39.8 Å². The number of aliphatic hydroxyl groups excluding tert-OH is 1. The lowest BCUT2D eigenvalue weighted by Crippen LogP contribution is -2.19. The molecule has 19 heavy (non-hydrogen) atoms. The van der Waals surface area contributed by atoms with Gasteiger partial charge in [-0.05, 0) is 51.0 Å². The molecule has 0 spiro atoms. The summed E-state index contributed by atoms with van der Waals surface area (Å²) in [7, 11) is 0. The Balaban J connectivity index is 2.80. The van der Waals surface area contributed by atoms with Crippen LogP contribution in [-0.2, 0) is 0 Å². The zero-order valence-electron chi connectivity index (χ0n) is 13.0. The van der Waals surface area contributed by atoms with Crippen molar-refractivity contribution in [3.63, 3.8) is 0 Å². The molecule has 0 heterocycles. The van der Waals surface area contributed by atoms with Crippen molar-refractivity contribution in [2.24, 2.45) is 5.41 Å². The first-order valence-electron chi connectivity index (χ1n) is 7.24. The third-order valence-electron chi connectivity index (χ3n) is 3.80. The van der Waals surface area contributed by atoms with Crippen LogP contribution < -0.4 is 0 Å². The molecule has 0 saturated heterocycles. The molecule has 1 rings (SSSR count). The lowest BCUT2D eigenvalue weighted by atomic mass is 9.72. The maximum absolute atomic E-state index is 9.16. The Bertz CT molecular complexity index is 417. The van der Waals surface area contributed by atoms with E-state index in [0.29, 0.717) is 5.41 Å². The minimum Gasteiger partial charge on any atom is -0.389 e. The monoisotopic (exact) mass is 260 g/mol. The highest BCUT2D eigenvalue weighted by atomic mass is 16.3. The van der Waals surface area contributed by atoms with Crippen LogP contribution in [0.1, 0.15) is 53.9 Å². The van der Waals surface area contributed by atoms with E-state index >= 15 is 0 Å². The summed E-state index contributed by atoms with van der Waals surface area (Å²) in [6, 6.07) is 0. The minimum absolute atomic E-state index is 0.300. The van der Waals surface area contributed by atoms with E-state index in [9.17, 15) is 0 Å². The largest absolute Gasteiger partial charge is 0.389 e. The van der Waals surface area contributed by atoms with E-state index in [-0.39, 0.29) is 6.10 Å². The molecule has 0 aliphatic heterocycles. The molecule has 1 aliphatic carbocycles. The van der Waals surface area contributed by atoms with Crippen LogP contribution in [0.4, 0.5) is 0 Å². The first kappa shape index (κ1) is 16.0. The predicted molar refractivity (Wildman–Crippen MR) is 84.0 cm³/mol. The van der Waals surface area contributed by atoms with Crippen LogP contribution in [0.15, 0.2) is 47.1 Å². The highest BCUT2D eigenvalue weighted by molar-refractivity contribution is 5.36. The van der Waals surface area contributed by atoms with Crippen molar-refractivity contribution in [2.75, 3.05) is 0 Å². The Morgan fingerprint density at radius 3 is 2.63 bits per heavy atom. The third-order valence-corrected chi connectivity index (χ3v) is 3.80. The lowest BCUT2D eigenvalue weighted by Gasteiger charge is -2.32. The lowest BCUT2D eigenvalue weighted by molar-refractivity contribution is 0.244. The van der Waals surface area contributed by atoms with E-state index in [1.165, 1.54) is 36.0 Å². The summed E-state index contributed by atoms with van der Waals surface area (Å²) in [6.07, 6.45) is 13.6. The summed E-state index contributed by atoms with van der Waals surface area (Å²) < 4.78 is 0. The molecule has 0 fully saturated rings. The second kappa shape index (κ2) is 6.91. The van der Waals surface area contributed by atoms with Crippen LogP contribution in [0.25, 0.3) is 0 Å². The molecule has 0 radical (unpaired) electrons. The molecule has 0 aromatic carbocycles. The van der Waals surface area contributed by atoms with Gasteiger partial charge in [-0.2, -0.15) is 0 Å². The van der Waals surface area contributed by atoms with Crippen LogP contribution >= 0.6 is 0 Å². The minimum atomic E-state index is -0.379. The molecule has 0 aromatic heterocycles. The molecule has 1 heteroatoms. The summed E-state index contributed by atoms with van der Waals surface area (Å²) in [5.41, 5.74) is 4.53. The quantitative estimate of drug-likeness (QED) is 0.709. The summed E-state index contributed by atoms with van der Waals surface area (Å²) >= 11 is 0. The number of aliphatic hydroxyl groups is 1. The highest BCUT2D eigenvalue weighted by Crippen LogP contribution is 2.40. The standard InChI is InChI=1S/C18H28O/c1-14(8-6-10-16(3)19)11-12-17-15(2)9-7-13-18(17,4)5/h6,8,10-12,16,19H,7,9,13H2,1-5H3. The Labute approximate surface area is 118 Å². The van der Waals surface area contributed by atoms with E-state index in [4.69, 9.17) is 5.11 Å². The summed E-state index contributed by atoms with van der Waals surface area (Å²) in [6.45, 7) is 10.8. The van der Waals surface area contributed by atoms with E-state index < -0.39 is 0 Å². The van der Waals surface area contributed by atoms with Crippen LogP contribution in [0.3, 0.4) is 0 Å². The topological polar surface area (TPSA) is 20.2 Å². The van der Waals surface area contributed by atoms with Crippen LogP contribution in [0.5, 0.6) is 0 Å². The molecule has 0 amide bonds. The van der Waals surface area contributed by atoms with Crippen molar-refractivity contribution in [1.82, 2.24) is 0 Å².